The molecular weight excluding hydrogens is 383 g/mol. The lowest BCUT2D eigenvalue weighted by Crippen LogP contribution is -2.14. The van der Waals surface area contributed by atoms with Crippen LogP contribution in [0.5, 0.6) is 0 Å². The minimum atomic E-state index is -1.41. The molecule has 1 aliphatic rings. The lowest BCUT2D eigenvalue weighted by molar-refractivity contribution is 0.304. The Morgan fingerprint density at radius 3 is 2.21 bits per heavy atom. The van der Waals surface area contributed by atoms with Crippen LogP contribution < -0.4 is 0 Å². The lowest BCUT2D eigenvalue weighted by Gasteiger charge is -2.26. The van der Waals surface area contributed by atoms with Crippen LogP contribution in [-0.2, 0) is 0 Å². The molecule has 0 heterocycles. The molecule has 154 valence electrons. The van der Waals surface area contributed by atoms with Gasteiger partial charge in [-0.1, -0.05) is 30.4 Å². The van der Waals surface area contributed by atoms with Gasteiger partial charge in [0, 0.05) is 17.0 Å². The quantitative estimate of drug-likeness (QED) is 0.354. The predicted molar refractivity (Wildman–Crippen MR) is 108 cm³/mol. The van der Waals surface area contributed by atoms with Crippen LogP contribution in [0.2, 0.25) is 0 Å². The van der Waals surface area contributed by atoms with Crippen molar-refractivity contribution in [3.05, 3.63) is 70.8 Å². The fraction of sp³-hybridized carbons (Fsp3) is 0.333. The zero-order valence-electron chi connectivity index (χ0n) is 16.4. The van der Waals surface area contributed by atoms with Crippen LogP contribution in [0.4, 0.5) is 22.0 Å². The third kappa shape index (κ3) is 4.14. The average Bonchev–Trinajstić information content (AvgIpc) is 2.72. The molecule has 29 heavy (non-hydrogen) atoms. The molecule has 2 aromatic rings. The van der Waals surface area contributed by atoms with E-state index in [1.165, 1.54) is 24.3 Å². The summed E-state index contributed by atoms with van der Waals surface area (Å²) in [6.45, 7) is 3.55. The molecule has 0 radical (unpaired) electrons. The second-order valence-electron chi connectivity index (χ2n) is 7.42. The molecule has 2 aromatic carbocycles. The van der Waals surface area contributed by atoms with Gasteiger partial charge in [-0.15, -0.1) is 0 Å². The molecule has 5 heteroatoms. The van der Waals surface area contributed by atoms with E-state index in [1.54, 1.807) is 6.92 Å². The van der Waals surface area contributed by atoms with Gasteiger partial charge in [0.2, 0.25) is 0 Å². The van der Waals surface area contributed by atoms with E-state index in [1.807, 2.05) is 13.0 Å². The molecule has 1 aliphatic carbocycles. The largest absolute Gasteiger partial charge is 0.208 e. The van der Waals surface area contributed by atoms with Gasteiger partial charge in [0.25, 0.3) is 0 Å². The summed E-state index contributed by atoms with van der Waals surface area (Å²) in [7, 11) is 0. The summed E-state index contributed by atoms with van der Waals surface area (Å²) < 4.78 is 73.1. The second-order valence-corrected chi connectivity index (χ2v) is 7.42. The van der Waals surface area contributed by atoms with E-state index in [0.717, 1.165) is 18.9 Å². The van der Waals surface area contributed by atoms with Gasteiger partial charge in [0.1, 0.15) is 11.6 Å². The first-order valence-corrected chi connectivity index (χ1v) is 9.80. The molecule has 0 aromatic heterocycles. The summed E-state index contributed by atoms with van der Waals surface area (Å²) >= 11 is 0. The van der Waals surface area contributed by atoms with E-state index >= 15 is 0 Å². The summed E-state index contributed by atoms with van der Waals surface area (Å²) in [6.07, 6.45) is 9.24. The van der Waals surface area contributed by atoms with Gasteiger partial charge in [-0.2, -0.15) is 0 Å². The van der Waals surface area contributed by atoms with Crippen LogP contribution in [0, 0.1) is 29.3 Å². The van der Waals surface area contributed by atoms with E-state index in [4.69, 9.17) is 0 Å². The van der Waals surface area contributed by atoms with Gasteiger partial charge < -0.3 is 0 Å². The SMILES string of the molecule is C/C=C/c1cc2ccc(C(F)=C(F)C3CCC(/C=C/C)CC3)c(F)c2c(F)c1F. The molecule has 0 amide bonds. The molecule has 1 saturated carbocycles. The molecule has 0 unspecified atom stereocenters. The van der Waals surface area contributed by atoms with Crippen molar-refractivity contribution in [3.63, 3.8) is 0 Å². The zero-order valence-corrected chi connectivity index (χ0v) is 16.4. The summed E-state index contributed by atoms with van der Waals surface area (Å²) in [5.74, 6) is -6.57. The van der Waals surface area contributed by atoms with Crippen molar-refractivity contribution in [3.8, 4) is 0 Å². The third-order valence-electron chi connectivity index (χ3n) is 5.54. The van der Waals surface area contributed by atoms with Crippen LogP contribution in [-0.4, -0.2) is 0 Å². The maximum Gasteiger partial charge on any atom is 0.170 e. The fourth-order valence-electron chi connectivity index (χ4n) is 4.02. The Morgan fingerprint density at radius 2 is 1.59 bits per heavy atom. The van der Waals surface area contributed by atoms with E-state index < -0.39 is 46.0 Å². The van der Waals surface area contributed by atoms with Gasteiger partial charge in [0.05, 0.1) is 5.39 Å². The first kappa shape index (κ1) is 21.3. The van der Waals surface area contributed by atoms with Gasteiger partial charge >= 0.3 is 0 Å². The minimum Gasteiger partial charge on any atom is -0.208 e. The topological polar surface area (TPSA) is 0 Å². The first-order chi connectivity index (χ1) is 13.9. The number of fused-ring (bicyclic) bond motifs is 1. The Morgan fingerprint density at radius 1 is 0.897 bits per heavy atom. The highest BCUT2D eigenvalue weighted by Gasteiger charge is 2.28. The lowest BCUT2D eigenvalue weighted by atomic mass is 9.81. The maximum atomic E-state index is 14.9. The molecule has 0 aliphatic heterocycles. The number of hydrogen-bond donors (Lipinski definition) is 0. The van der Waals surface area contributed by atoms with Crippen molar-refractivity contribution in [2.75, 3.05) is 0 Å². The monoisotopic (exact) mass is 406 g/mol. The third-order valence-corrected chi connectivity index (χ3v) is 5.54. The standard InChI is InChI=1S/C24H23F5/c1-3-5-14-7-9-15(10-8-14)20(25)23(28)18-12-11-16-13-17(6-4-2)21(26)24(29)19(16)22(18)27/h3-6,11-15H,7-10H2,1-2H3/b5-3+,6-4+,23-20?. The Labute approximate surface area is 167 Å². The molecule has 0 spiro atoms. The molecular formula is C24H23F5. The highest BCUT2D eigenvalue weighted by molar-refractivity contribution is 5.89. The van der Waals surface area contributed by atoms with Crippen LogP contribution in [0.3, 0.4) is 0 Å². The average molecular weight is 406 g/mol. The Balaban J connectivity index is 2.01. The molecule has 0 bridgehead atoms. The van der Waals surface area contributed by atoms with E-state index in [-0.39, 0.29) is 10.9 Å². The van der Waals surface area contributed by atoms with Crippen molar-refractivity contribution in [2.24, 2.45) is 11.8 Å². The molecule has 0 atom stereocenters. The highest BCUT2D eigenvalue weighted by Crippen LogP contribution is 2.40. The number of benzene rings is 2. The predicted octanol–water partition coefficient (Wildman–Crippen LogP) is 8.28. The molecule has 0 nitrogen and oxygen atoms in total. The van der Waals surface area contributed by atoms with Gasteiger partial charge in [-0.3, -0.25) is 0 Å². The Kier molecular flexibility index (Phi) is 6.56. The second kappa shape index (κ2) is 8.93. The maximum absolute atomic E-state index is 14.9. The Bertz CT molecular complexity index is 992. The van der Waals surface area contributed by atoms with Crippen molar-refractivity contribution in [1.82, 2.24) is 0 Å². The number of halogens is 5. The fourth-order valence-corrected chi connectivity index (χ4v) is 4.02. The van der Waals surface area contributed by atoms with E-state index in [0.29, 0.717) is 18.8 Å². The summed E-state index contributed by atoms with van der Waals surface area (Å²) in [5.41, 5.74) is -0.715. The van der Waals surface area contributed by atoms with E-state index in [2.05, 4.69) is 6.08 Å². The Hall–Kier alpha value is -2.43. The smallest absolute Gasteiger partial charge is 0.170 e. The van der Waals surface area contributed by atoms with Crippen LogP contribution in [0.25, 0.3) is 22.7 Å². The van der Waals surface area contributed by atoms with Crippen molar-refractivity contribution < 1.29 is 22.0 Å². The highest BCUT2D eigenvalue weighted by atomic mass is 19.2. The van der Waals surface area contributed by atoms with Gasteiger partial charge in [0.15, 0.2) is 17.5 Å². The molecule has 0 N–H and O–H groups in total. The van der Waals surface area contributed by atoms with Crippen molar-refractivity contribution in [1.29, 1.82) is 0 Å². The van der Waals surface area contributed by atoms with Crippen LogP contribution in [0.1, 0.15) is 50.7 Å². The summed E-state index contributed by atoms with van der Waals surface area (Å²) in [5, 5.41) is -0.591. The van der Waals surface area contributed by atoms with Crippen molar-refractivity contribution >= 4 is 22.7 Å². The van der Waals surface area contributed by atoms with Gasteiger partial charge in [-0.25, -0.2) is 22.0 Å². The first-order valence-electron chi connectivity index (χ1n) is 9.80. The van der Waals surface area contributed by atoms with Gasteiger partial charge in [-0.05, 0) is 63.0 Å². The zero-order chi connectivity index (χ0) is 21.1. The van der Waals surface area contributed by atoms with E-state index in [9.17, 15) is 22.0 Å². The minimum absolute atomic E-state index is 0.0373. The van der Waals surface area contributed by atoms with Crippen LogP contribution in [0.15, 0.2) is 42.3 Å². The summed E-state index contributed by atoms with van der Waals surface area (Å²) in [6, 6.07) is 3.63. The molecule has 1 fully saturated rings. The van der Waals surface area contributed by atoms with Crippen LogP contribution >= 0.6 is 0 Å². The molecule has 0 saturated heterocycles. The number of rotatable bonds is 4. The normalized spacial score (nSPS) is 21.3. The number of hydrogen-bond acceptors (Lipinski definition) is 0. The number of allylic oxidation sites excluding steroid dienone is 4. The van der Waals surface area contributed by atoms with Crippen molar-refractivity contribution in [2.45, 2.75) is 39.5 Å². The molecule has 3 rings (SSSR count). The summed E-state index contributed by atoms with van der Waals surface area (Å²) in [4.78, 5) is 0.